The highest BCUT2D eigenvalue weighted by molar-refractivity contribution is 8.02. The lowest BCUT2D eigenvalue weighted by Crippen LogP contribution is -2.58. The number of aryl methyl sites for hydroxylation is 1. The lowest BCUT2D eigenvalue weighted by molar-refractivity contribution is -0.152. The van der Waals surface area contributed by atoms with Gasteiger partial charge in [-0.2, -0.15) is 0 Å². The minimum Gasteiger partial charge on any atom is -0.464 e. The zero-order valence-electron chi connectivity index (χ0n) is 29.6. The molecule has 4 atom stereocenters. The maximum atomic E-state index is 16.1. The van der Waals surface area contributed by atoms with E-state index in [-0.39, 0.29) is 18.7 Å². The lowest BCUT2D eigenvalue weighted by atomic mass is 9.84. The first-order chi connectivity index (χ1) is 23.4. The number of hydrogen-bond donors (Lipinski definition) is 3. The maximum absolute atomic E-state index is 16.1. The van der Waals surface area contributed by atoms with E-state index in [2.05, 4.69) is 53.7 Å². The van der Waals surface area contributed by atoms with Crippen LogP contribution in [0.2, 0.25) is 0 Å². The molecule has 6 rings (SSSR count). The molecule has 0 saturated carbocycles. The number of rotatable bonds is 5. The summed E-state index contributed by atoms with van der Waals surface area (Å²) < 4.78 is 30.2. The number of carbonyl (C=O) groups is 1. The van der Waals surface area contributed by atoms with Crippen LogP contribution in [-0.4, -0.2) is 90.5 Å². The normalized spacial score (nSPS) is 25.6. The predicted octanol–water partition coefficient (Wildman–Crippen LogP) is 4.65. The molecule has 11 nitrogen and oxygen atoms in total. The molecule has 2 aromatic heterocycles. The quantitative estimate of drug-likeness (QED) is 0.323. The summed E-state index contributed by atoms with van der Waals surface area (Å²) in [5, 5.41) is 4.43. The number of anilines is 1. The fourth-order valence-corrected chi connectivity index (χ4v) is 7.87. The molecule has 2 unspecified atom stereocenters. The molecular formula is C36H51FN8O3S. The van der Waals surface area contributed by atoms with Gasteiger partial charge in [0.25, 0.3) is 0 Å². The van der Waals surface area contributed by atoms with Crippen LogP contribution in [0.4, 0.5) is 10.1 Å². The number of ether oxygens (including phenoxy) is 2. The fraction of sp³-hybridized carbons (Fsp3) is 0.556. The van der Waals surface area contributed by atoms with Gasteiger partial charge in [0.05, 0.1) is 41.5 Å². The third-order valence-corrected chi connectivity index (χ3v) is 11.0. The number of halogens is 1. The number of pyridine rings is 1. The largest absolute Gasteiger partial charge is 0.464 e. The lowest BCUT2D eigenvalue weighted by Gasteiger charge is -2.36. The molecule has 0 spiro atoms. The highest BCUT2D eigenvalue weighted by Crippen LogP contribution is 2.43. The monoisotopic (exact) mass is 694 g/mol. The van der Waals surface area contributed by atoms with Gasteiger partial charge in [0.15, 0.2) is 0 Å². The number of carbonyl (C=O) groups excluding carboxylic acids is 1. The van der Waals surface area contributed by atoms with Crippen molar-refractivity contribution in [3.63, 3.8) is 0 Å². The Balaban J connectivity index is 1.57. The third kappa shape index (κ3) is 7.33. The van der Waals surface area contributed by atoms with Crippen molar-refractivity contribution in [2.45, 2.75) is 71.1 Å². The molecule has 2 fully saturated rings. The van der Waals surface area contributed by atoms with Crippen molar-refractivity contribution in [1.29, 1.82) is 0 Å². The Hall–Kier alpha value is -3.20. The Morgan fingerprint density at radius 2 is 1.94 bits per heavy atom. The second-order valence-electron chi connectivity index (χ2n) is 14.3. The van der Waals surface area contributed by atoms with Gasteiger partial charge in [0.2, 0.25) is 0 Å². The third-order valence-electron chi connectivity index (χ3n) is 10.1. The van der Waals surface area contributed by atoms with Crippen LogP contribution >= 0.6 is 11.8 Å². The number of nitrogens with zero attached hydrogens (tertiary/aromatic N) is 5. The van der Waals surface area contributed by atoms with Crippen molar-refractivity contribution in [3.05, 3.63) is 52.4 Å². The van der Waals surface area contributed by atoms with E-state index in [0.29, 0.717) is 37.2 Å². The van der Waals surface area contributed by atoms with Crippen LogP contribution < -0.4 is 21.8 Å². The molecule has 2 saturated heterocycles. The summed E-state index contributed by atoms with van der Waals surface area (Å²) in [7, 11) is 3.83. The molecule has 266 valence electrons. The van der Waals surface area contributed by atoms with Gasteiger partial charge in [-0.05, 0) is 69.3 Å². The Bertz CT molecular complexity index is 1720. The van der Waals surface area contributed by atoms with E-state index in [4.69, 9.17) is 25.9 Å². The molecule has 5 heterocycles. The summed E-state index contributed by atoms with van der Waals surface area (Å²) in [6, 6.07) is 5.18. The van der Waals surface area contributed by atoms with Gasteiger partial charge >= 0.3 is 5.97 Å². The Morgan fingerprint density at radius 3 is 2.65 bits per heavy atom. The average Bonchev–Trinajstić information content (AvgIpc) is 3.39. The van der Waals surface area contributed by atoms with Crippen LogP contribution in [0.15, 0.2) is 29.8 Å². The van der Waals surface area contributed by atoms with Gasteiger partial charge in [0.1, 0.15) is 17.4 Å². The number of esters is 1. The Morgan fingerprint density at radius 1 is 1.18 bits per heavy atom. The first-order valence-corrected chi connectivity index (χ1v) is 18.2. The van der Waals surface area contributed by atoms with E-state index in [1.807, 2.05) is 24.2 Å². The Labute approximate surface area is 293 Å². The first kappa shape index (κ1) is 35.6. The number of benzene rings is 1. The van der Waals surface area contributed by atoms with Gasteiger partial charge in [0, 0.05) is 74.0 Å². The van der Waals surface area contributed by atoms with Crippen LogP contribution in [-0.2, 0) is 27.2 Å². The number of hydrogen-bond acceptors (Lipinski definition) is 11. The van der Waals surface area contributed by atoms with E-state index >= 15 is 4.39 Å². The van der Waals surface area contributed by atoms with Crippen LogP contribution in [0, 0.1) is 11.2 Å². The molecular weight excluding hydrogens is 644 g/mol. The van der Waals surface area contributed by atoms with Gasteiger partial charge in [-0.3, -0.25) is 9.78 Å². The number of nitrogens with one attached hydrogen (secondary N) is 1. The van der Waals surface area contributed by atoms with E-state index in [1.54, 1.807) is 18.6 Å². The van der Waals surface area contributed by atoms with Crippen LogP contribution in [0.3, 0.4) is 0 Å². The van der Waals surface area contributed by atoms with Crippen molar-refractivity contribution in [3.8, 4) is 11.3 Å². The van der Waals surface area contributed by atoms with Crippen molar-refractivity contribution in [2.24, 2.45) is 16.9 Å². The SMILES string of the molecule is CCn1c(-c2cc(N3CCN(C)CC3)cnc2[C@H](C)OC)c2c3cc(c(F)cc31)/C(N)=C/SC(N)N1CCC[C@H](N1)C(=O)OCC(C)(C)C2. The number of thioether (sulfide) groups is 1. The number of fused-ring (bicyclic) bond motifs is 3. The summed E-state index contributed by atoms with van der Waals surface area (Å²) in [6.07, 6.45) is 3.65. The Kier molecular flexibility index (Phi) is 10.6. The standard InChI is InChI=1S/C36H51FN8O3S/c1-7-44-31-17-28(37)25-16-24(31)27(33(44)26-15-23(19-40-32(26)22(2)47-6)43-13-11-42(5)12-14-43)18-36(3,4)21-48-34(46)30-9-8-10-45(41-30)35(39)49-20-29(25)38/h15-17,19-20,22,30,35,41H,7-14,18,21,38-39H2,1-6H3/b29-20-/t22-,30-,35?/m0/s1. The van der Waals surface area contributed by atoms with E-state index in [1.165, 1.54) is 11.8 Å². The van der Waals surface area contributed by atoms with E-state index < -0.39 is 22.8 Å². The predicted molar refractivity (Wildman–Crippen MR) is 195 cm³/mol. The minimum absolute atomic E-state index is 0.208. The second kappa shape index (κ2) is 14.6. The molecule has 0 radical (unpaired) electrons. The summed E-state index contributed by atoms with van der Waals surface area (Å²) in [4.78, 5) is 23.1. The van der Waals surface area contributed by atoms with Gasteiger partial charge < -0.3 is 35.3 Å². The molecule has 1 aromatic carbocycles. The summed E-state index contributed by atoms with van der Waals surface area (Å²) in [5.41, 5.74) is 21.5. The molecule has 4 bridgehead atoms. The molecule has 0 amide bonds. The molecule has 13 heteroatoms. The smallest absolute Gasteiger partial charge is 0.324 e. The van der Waals surface area contributed by atoms with Crippen molar-refractivity contribution in [2.75, 3.05) is 58.4 Å². The molecule has 3 aliphatic rings. The maximum Gasteiger partial charge on any atom is 0.324 e. The summed E-state index contributed by atoms with van der Waals surface area (Å²) in [6.45, 7) is 13.5. The van der Waals surface area contributed by atoms with Crippen molar-refractivity contribution >= 4 is 40.0 Å². The fourth-order valence-electron chi connectivity index (χ4n) is 7.15. The van der Waals surface area contributed by atoms with Crippen molar-refractivity contribution in [1.82, 2.24) is 24.9 Å². The number of piperazine rings is 1. The van der Waals surface area contributed by atoms with Gasteiger partial charge in [-0.25, -0.2) is 14.8 Å². The minimum atomic E-state index is -0.532. The molecule has 5 N–H and O–H groups in total. The number of methoxy groups -OCH3 is 1. The number of cyclic esters (lactones) is 1. The number of aromatic nitrogens is 2. The summed E-state index contributed by atoms with van der Waals surface area (Å²) in [5.74, 6) is -0.695. The van der Waals surface area contributed by atoms with Gasteiger partial charge in [-0.1, -0.05) is 25.6 Å². The van der Waals surface area contributed by atoms with Gasteiger partial charge in [-0.15, -0.1) is 0 Å². The topological polar surface area (TPSA) is 127 Å². The summed E-state index contributed by atoms with van der Waals surface area (Å²) >= 11 is 1.28. The average molecular weight is 695 g/mol. The van der Waals surface area contributed by atoms with Crippen LogP contribution in [0.1, 0.15) is 63.5 Å². The van der Waals surface area contributed by atoms with E-state index in [0.717, 1.165) is 71.7 Å². The number of nitrogens with two attached hydrogens (primary N) is 2. The second-order valence-corrected chi connectivity index (χ2v) is 15.3. The highest BCUT2D eigenvalue weighted by Gasteiger charge is 2.33. The first-order valence-electron chi connectivity index (χ1n) is 17.3. The molecule has 3 aliphatic heterocycles. The zero-order chi connectivity index (χ0) is 35.0. The molecule has 3 aromatic rings. The number of hydrazine groups is 1. The zero-order valence-corrected chi connectivity index (χ0v) is 30.4. The van der Waals surface area contributed by atoms with Crippen LogP contribution in [0.5, 0.6) is 0 Å². The molecule has 0 aliphatic carbocycles. The highest BCUT2D eigenvalue weighted by atomic mass is 32.2. The van der Waals surface area contributed by atoms with Crippen molar-refractivity contribution < 1.29 is 18.7 Å². The van der Waals surface area contributed by atoms with E-state index in [9.17, 15) is 4.79 Å². The molecule has 49 heavy (non-hydrogen) atoms. The number of likely N-dealkylation sites (N-methyl/N-ethyl adjacent to an activating group) is 1. The van der Waals surface area contributed by atoms with Crippen LogP contribution in [0.25, 0.3) is 27.9 Å².